The summed E-state index contributed by atoms with van der Waals surface area (Å²) in [4.78, 5) is 26.2. The molecule has 0 spiro atoms. The van der Waals surface area contributed by atoms with Crippen LogP contribution in [-0.2, 0) is 29.1 Å². The lowest BCUT2D eigenvalue weighted by atomic mass is 9.93. The van der Waals surface area contributed by atoms with Crippen molar-refractivity contribution in [3.63, 3.8) is 0 Å². The van der Waals surface area contributed by atoms with E-state index in [1.807, 2.05) is 0 Å². The molecule has 0 atom stereocenters. The van der Waals surface area contributed by atoms with Crippen LogP contribution in [0.25, 0.3) is 0 Å². The Balaban J connectivity index is 2.29. The summed E-state index contributed by atoms with van der Waals surface area (Å²) < 4.78 is 10.3. The highest BCUT2D eigenvalue weighted by Gasteiger charge is 2.27. The van der Waals surface area contributed by atoms with Gasteiger partial charge in [0.25, 0.3) is 5.56 Å². The summed E-state index contributed by atoms with van der Waals surface area (Å²) in [6, 6.07) is 0. The first kappa shape index (κ1) is 9.74. The zero-order valence-electron chi connectivity index (χ0n) is 8.67. The van der Waals surface area contributed by atoms with Gasteiger partial charge < -0.3 is 14.5 Å². The zero-order valence-corrected chi connectivity index (χ0v) is 8.67. The van der Waals surface area contributed by atoms with Gasteiger partial charge in [0, 0.05) is 11.1 Å². The molecule has 1 N–H and O–H groups in total. The van der Waals surface area contributed by atoms with Crippen LogP contribution >= 0.6 is 0 Å². The van der Waals surface area contributed by atoms with E-state index >= 15 is 0 Å². The molecule has 5 nitrogen and oxygen atoms in total. The Morgan fingerprint density at radius 2 is 1.88 bits per heavy atom. The number of nitrogens with one attached hydrogen (secondary N) is 1. The number of Topliss-reactive ketones (excluding diaryl/α,β-unsaturated/α-hetero) is 1. The summed E-state index contributed by atoms with van der Waals surface area (Å²) in [6.07, 6.45) is 0.632. The van der Waals surface area contributed by atoms with Crippen molar-refractivity contribution >= 4 is 5.78 Å². The predicted molar refractivity (Wildman–Crippen MR) is 54.4 cm³/mol. The molecular formula is C11H11NO4. The van der Waals surface area contributed by atoms with Gasteiger partial charge in [0.1, 0.15) is 6.61 Å². The number of carbonyl (C=O) groups excluding carboxylic acids is 1. The third-order valence-corrected chi connectivity index (χ3v) is 3.01. The number of hydrogen-bond donors (Lipinski definition) is 1. The fourth-order valence-corrected chi connectivity index (χ4v) is 2.28. The van der Waals surface area contributed by atoms with Crippen molar-refractivity contribution in [1.29, 1.82) is 0 Å². The summed E-state index contributed by atoms with van der Waals surface area (Å²) in [6.45, 7) is 1.28. The van der Waals surface area contributed by atoms with E-state index in [-0.39, 0.29) is 17.9 Å². The minimum atomic E-state index is -0.160. The van der Waals surface area contributed by atoms with E-state index < -0.39 is 0 Å². The van der Waals surface area contributed by atoms with Crippen LogP contribution in [-0.4, -0.2) is 24.0 Å². The molecule has 5 heteroatoms. The second-order valence-corrected chi connectivity index (χ2v) is 3.98. The Hall–Kier alpha value is -1.46. The van der Waals surface area contributed by atoms with Crippen LogP contribution in [0.3, 0.4) is 0 Å². The van der Waals surface area contributed by atoms with Gasteiger partial charge in [0.2, 0.25) is 0 Å². The molecule has 2 aliphatic heterocycles. The number of fused-ring (bicyclic) bond motifs is 3. The van der Waals surface area contributed by atoms with E-state index in [1.54, 1.807) is 0 Å². The number of hydrogen-bond acceptors (Lipinski definition) is 4. The van der Waals surface area contributed by atoms with Gasteiger partial charge in [-0.3, -0.25) is 9.59 Å². The van der Waals surface area contributed by atoms with E-state index in [0.29, 0.717) is 43.1 Å². The molecule has 0 unspecified atom stereocenters. The predicted octanol–water partition coefficient (Wildman–Crippen LogP) is 0.160. The van der Waals surface area contributed by atoms with E-state index in [9.17, 15) is 9.59 Å². The van der Waals surface area contributed by atoms with Crippen LogP contribution in [0.1, 0.15) is 27.2 Å². The van der Waals surface area contributed by atoms with Gasteiger partial charge in [-0.2, -0.15) is 0 Å². The van der Waals surface area contributed by atoms with Crippen molar-refractivity contribution in [3.8, 4) is 0 Å². The second-order valence-electron chi connectivity index (χ2n) is 3.98. The average Bonchev–Trinajstić information content (AvgIpc) is 2.29. The molecule has 0 fully saturated rings. The first-order valence-electron chi connectivity index (χ1n) is 5.23. The normalized spacial score (nSPS) is 19.1. The minimum Gasteiger partial charge on any atom is -0.376 e. The summed E-state index contributed by atoms with van der Waals surface area (Å²) in [5.74, 6) is -0.0457. The van der Waals surface area contributed by atoms with Crippen molar-refractivity contribution in [1.82, 2.24) is 4.98 Å². The van der Waals surface area contributed by atoms with Crippen molar-refractivity contribution < 1.29 is 14.3 Å². The van der Waals surface area contributed by atoms with E-state index in [1.165, 1.54) is 0 Å². The largest absolute Gasteiger partial charge is 0.376 e. The van der Waals surface area contributed by atoms with Crippen LogP contribution in [0.5, 0.6) is 0 Å². The van der Waals surface area contributed by atoms with E-state index in [4.69, 9.17) is 9.47 Å². The Kier molecular flexibility index (Phi) is 2.15. The Labute approximate surface area is 91.4 Å². The minimum absolute atomic E-state index is 0.0457. The van der Waals surface area contributed by atoms with E-state index in [0.717, 1.165) is 5.56 Å². The molecule has 0 amide bonds. The van der Waals surface area contributed by atoms with Gasteiger partial charge in [0.15, 0.2) is 5.78 Å². The maximum atomic E-state index is 11.8. The smallest absolute Gasteiger partial charge is 0.254 e. The Morgan fingerprint density at radius 3 is 2.75 bits per heavy atom. The van der Waals surface area contributed by atoms with Gasteiger partial charge >= 0.3 is 0 Å². The van der Waals surface area contributed by atoms with Crippen LogP contribution in [0.15, 0.2) is 4.79 Å². The number of pyridine rings is 1. The van der Waals surface area contributed by atoms with Crippen LogP contribution in [0, 0.1) is 0 Å². The van der Waals surface area contributed by atoms with Gasteiger partial charge in [0.05, 0.1) is 25.5 Å². The lowest BCUT2D eigenvalue weighted by Gasteiger charge is -2.23. The molecule has 84 valence electrons. The molecule has 2 aliphatic rings. The number of rotatable bonds is 0. The topological polar surface area (TPSA) is 68.4 Å². The van der Waals surface area contributed by atoms with E-state index in [2.05, 4.69) is 4.98 Å². The number of aromatic amines is 1. The second kappa shape index (κ2) is 3.54. The molecule has 3 rings (SSSR count). The standard InChI is InChI=1S/C11H11NO4/c13-9-5-16-4-8-10(9)6-1-2-15-3-7(6)11(14)12-8/h1-5H2,(H,12,14). The van der Waals surface area contributed by atoms with Crippen LogP contribution in [0.2, 0.25) is 0 Å². The van der Waals surface area contributed by atoms with Gasteiger partial charge in [-0.25, -0.2) is 0 Å². The zero-order chi connectivity index (χ0) is 11.1. The average molecular weight is 221 g/mol. The van der Waals surface area contributed by atoms with Gasteiger partial charge in [-0.1, -0.05) is 0 Å². The maximum Gasteiger partial charge on any atom is 0.254 e. The number of H-pyrrole nitrogens is 1. The van der Waals surface area contributed by atoms with Gasteiger partial charge in [-0.05, 0) is 12.0 Å². The molecule has 3 heterocycles. The quantitative estimate of drug-likeness (QED) is 0.677. The third kappa shape index (κ3) is 1.32. The number of ether oxygens (including phenoxy) is 2. The number of aromatic nitrogens is 1. The molecular weight excluding hydrogens is 210 g/mol. The van der Waals surface area contributed by atoms with Crippen molar-refractivity contribution in [2.45, 2.75) is 19.6 Å². The highest BCUT2D eigenvalue weighted by molar-refractivity contribution is 6.00. The number of ketones is 1. The van der Waals surface area contributed by atoms with Crippen molar-refractivity contribution in [3.05, 3.63) is 32.7 Å². The SMILES string of the molecule is O=C1COCc2[nH]c(=O)c3c(c21)CCOC3. The fourth-order valence-electron chi connectivity index (χ4n) is 2.28. The highest BCUT2D eigenvalue weighted by atomic mass is 16.5. The first-order valence-corrected chi connectivity index (χ1v) is 5.23. The third-order valence-electron chi connectivity index (χ3n) is 3.01. The summed E-state index contributed by atoms with van der Waals surface area (Å²) >= 11 is 0. The monoisotopic (exact) mass is 221 g/mol. The van der Waals surface area contributed by atoms with Crippen LogP contribution in [0.4, 0.5) is 0 Å². The summed E-state index contributed by atoms with van der Waals surface area (Å²) in [5.41, 5.74) is 2.57. The van der Waals surface area contributed by atoms with Crippen LogP contribution < -0.4 is 5.56 Å². The Morgan fingerprint density at radius 1 is 1.00 bits per heavy atom. The molecule has 1 aromatic rings. The Bertz CT molecular complexity index is 517. The molecule has 0 radical (unpaired) electrons. The number of carbonyl (C=O) groups is 1. The lowest BCUT2D eigenvalue weighted by Crippen LogP contribution is -2.31. The highest BCUT2D eigenvalue weighted by Crippen LogP contribution is 2.23. The molecule has 0 saturated heterocycles. The molecule has 0 aliphatic carbocycles. The van der Waals surface area contributed by atoms with Gasteiger partial charge in [-0.15, -0.1) is 0 Å². The molecule has 0 bridgehead atoms. The summed E-state index contributed by atoms with van der Waals surface area (Å²) in [5, 5.41) is 0. The molecule has 1 aromatic heterocycles. The van der Waals surface area contributed by atoms with Crippen molar-refractivity contribution in [2.24, 2.45) is 0 Å². The lowest BCUT2D eigenvalue weighted by molar-refractivity contribution is 0.0642. The molecule has 0 saturated carbocycles. The summed E-state index contributed by atoms with van der Waals surface area (Å²) in [7, 11) is 0. The first-order chi connectivity index (χ1) is 7.77. The maximum absolute atomic E-state index is 11.8. The fraction of sp³-hybridized carbons (Fsp3) is 0.455. The molecule has 16 heavy (non-hydrogen) atoms. The molecule has 0 aromatic carbocycles. The van der Waals surface area contributed by atoms with Crippen molar-refractivity contribution in [2.75, 3.05) is 13.2 Å².